The molecule has 1 saturated carbocycles. The fourth-order valence-electron chi connectivity index (χ4n) is 4.88. The van der Waals surface area contributed by atoms with Crippen LogP contribution in [0, 0.1) is 11.8 Å². The fraction of sp³-hybridized carbons (Fsp3) is 0.481. The molecule has 2 amide bonds. The zero-order valence-electron chi connectivity index (χ0n) is 19.7. The summed E-state index contributed by atoms with van der Waals surface area (Å²) in [7, 11) is 0. The molecule has 1 aromatic carbocycles. The molecule has 188 valence electrons. The molecular weight excluding hydrogens is 457 g/mol. The van der Waals surface area contributed by atoms with Gasteiger partial charge in [-0.25, -0.2) is 0 Å². The maximum absolute atomic E-state index is 13.0. The molecule has 0 bridgehead atoms. The van der Waals surface area contributed by atoms with Crippen LogP contribution in [0.5, 0.6) is 5.75 Å². The minimum Gasteiger partial charge on any atom is -0.455 e. The van der Waals surface area contributed by atoms with E-state index in [-0.39, 0.29) is 35.8 Å². The molecule has 35 heavy (non-hydrogen) atoms. The number of alkyl halides is 3. The Morgan fingerprint density at radius 1 is 0.943 bits per heavy atom. The number of nitrogens with zero attached hydrogens (tertiary/aromatic N) is 1. The summed E-state index contributed by atoms with van der Waals surface area (Å²) in [5, 5.41) is 2.91. The number of anilines is 1. The van der Waals surface area contributed by atoms with E-state index in [4.69, 9.17) is 4.74 Å². The number of allylic oxidation sites excluding steroid dienone is 5. The van der Waals surface area contributed by atoms with Gasteiger partial charge in [-0.3, -0.25) is 9.59 Å². The Morgan fingerprint density at radius 2 is 1.66 bits per heavy atom. The van der Waals surface area contributed by atoms with Crippen LogP contribution in [0.1, 0.15) is 51.4 Å². The van der Waals surface area contributed by atoms with Crippen molar-refractivity contribution in [2.24, 2.45) is 11.8 Å². The summed E-state index contributed by atoms with van der Waals surface area (Å²) in [5.41, 5.74) is -0.195. The summed E-state index contributed by atoms with van der Waals surface area (Å²) < 4.78 is 44.8. The number of piperidine rings is 1. The van der Waals surface area contributed by atoms with Crippen molar-refractivity contribution >= 4 is 17.5 Å². The van der Waals surface area contributed by atoms with E-state index in [1.54, 1.807) is 24.3 Å². The van der Waals surface area contributed by atoms with Crippen LogP contribution in [-0.2, 0) is 9.59 Å². The number of hydrogen-bond acceptors (Lipinski definition) is 3. The molecule has 1 N–H and O–H groups in total. The predicted octanol–water partition coefficient (Wildman–Crippen LogP) is 6.16. The van der Waals surface area contributed by atoms with Gasteiger partial charge in [-0.2, -0.15) is 13.2 Å². The van der Waals surface area contributed by atoms with Crippen LogP contribution in [0.15, 0.2) is 59.9 Å². The van der Waals surface area contributed by atoms with Crippen molar-refractivity contribution in [1.82, 2.24) is 4.90 Å². The molecule has 2 fully saturated rings. The summed E-state index contributed by atoms with van der Waals surface area (Å²) in [6.45, 7) is 1.16. The highest BCUT2D eigenvalue weighted by atomic mass is 19.4. The molecule has 4 rings (SSSR count). The second kappa shape index (κ2) is 11.1. The standard InChI is InChI=1S/C27H31F3N2O3/c28-27(29,30)21-9-6-10-22(14-13-21)35-24-12-5-4-11-23(24)31-25(33)19-15-17-32(18-16-19)26(34)20-7-2-1-3-8-20/h4-6,10-14,19-20H,1-3,7-9,15-18H2,(H,31,33). The number of amides is 2. The molecule has 0 radical (unpaired) electrons. The highest BCUT2D eigenvalue weighted by Crippen LogP contribution is 2.32. The monoisotopic (exact) mass is 488 g/mol. The number of benzene rings is 1. The SMILES string of the molecule is O=C(Nc1ccccc1OC1=CC=C(C(F)(F)F)CC=C1)C1CCN(C(=O)C2CCCCC2)CC1. The maximum atomic E-state index is 13.0. The number of hydrogen-bond donors (Lipinski definition) is 1. The van der Waals surface area contributed by atoms with Gasteiger partial charge in [-0.05, 0) is 56.4 Å². The minimum atomic E-state index is -4.39. The molecule has 3 aliphatic rings. The van der Waals surface area contributed by atoms with Crippen molar-refractivity contribution in [3.63, 3.8) is 0 Å². The lowest BCUT2D eigenvalue weighted by molar-refractivity contribution is -0.139. The highest BCUT2D eigenvalue weighted by Gasteiger charge is 2.33. The molecule has 0 atom stereocenters. The topological polar surface area (TPSA) is 58.6 Å². The van der Waals surface area contributed by atoms with Crippen LogP contribution in [0.2, 0.25) is 0 Å². The second-order valence-corrected chi connectivity index (χ2v) is 9.39. The first-order valence-electron chi connectivity index (χ1n) is 12.3. The summed E-state index contributed by atoms with van der Waals surface area (Å²) in [4.78, 5) is 27.7. The predicted molar refractivity (Wildman–Crippen MR) is 128 cm³/mol. The van der Waals surface area contributed by atoms with Gasteiger partial charge in [-0.1, -0.05) is 43.5 Å². The largest absolute Gasteiger partial charge is 0.455 e. The smallest absolute Gasteiger partial charge is 0.412 e. The third-order valence-electron chi connectivity index (χ3n) is 6.94. The van der Waals surface area contributed by atoms with Crippen LogP contribution in [0.4, 0.5) is 18.9 Å². The van der Waals surface area contributed by atoms with Crippen molar-refractivity contribution in [2.75, 3.05) is 18.4 Å². The Bertz CT molecular complexity index is 1010. The van der Waals surface area contributed by atoms with Gasteiger partial charge in [0.1, 0.15) is 5.76 Å². The van der Waals surface area contributed by atoms with Crippen LogP contribution in [-0.4, -0.2) is 36.0 Å². The zero-order chi connectivity index (χ0) is 24.8. The summed E-state index contributed by atoms with van der Waals surface area (Å²) in [5.74, 6) is 0.608. The number of ether oxygens (including phenoxy) is 1. The van der Waals surface area contributed by atoms with Gasteiger partial charge < -0.3 is 15.0 Å². The average Bonchev–Trinajstić information content (AvgIpc) is 3.11. The van der Waals surface area contributed by atoms with Gasteiger partial charge in [0.25, 0.3) is 0 Å². The van der Waals surface area contributed by atoms with Gasteiger partial charge >= 0.3 is 6.18 Å². The van der Waals surface area contributed by atoms with Crippen molar-refractivity contribution in [1.29, 1.82) is 0 Å². The number of carbonyl (C=O) groups is 2. The third-order valence-corrected chi connectivity index (χ3v) is 6.94. The fourth-order valence-corrected chi connectivity index (χ4v) is 4.88. The van der Waals surface area contributed by atoms with Crippen molar-refractivity contribution in [3.8, 4) is 5.75 Å². The molecule has 5 nitrogen and oxygen atoms in total. The van der Waals surface area contributed by atoms with Gasteiger partial charge in [0, 0.05) is 30.5 Å². The lowest BCUT2D eigenvalue weighted by atomic mass is 9.87. The number of para-hydroxylation sites is 2. The Kier molecular flexibility index (Phi) is 7.98. The van der Waals surface area contributed by atoms with E-state index in [1.165, 1.54) is 24.6 Å². The average molecular weight is 489 g/mol. The molecule has 1 saturated heterocycles. The lowest BCUT2D eigenvalue weighted by Gasteiger charge is -2.34. The molecule has 2 aliphatic carbocycles. The van der Waals surface area contributed by atoms with E-state index in [2.05, 4.69) is 5.32 Å². The van der Waals surface area contributed by atoms with E-state index in [0.717, 1.165) is 31.8 Å². The third kappa shape index (κ3) is 6.55. The molecule has 1 aromatic rings. The van der Waals surface area contributed by atoms with E-state index >= 15 is 0 Å². The normalized spacial score (nSPS) is 20.0. The Morgan fingerprint density at radius 3 is 2.37 bits per heavy atom. The molecular formula is C27H31F3N2O3. The van der Waals surface area contributed by atoms with E-state index in [9.17, 15) is 22.8 Å². The first-order valence-corrected chi connectivity index (χ1v) is 12.3. The summed E-state index contributed by atoms with van der Waals surface area (Å²) >= 11 is 0. The maximum Gasteiger partial charge on any atom is 0.412 e. The number of nitrogens with one attached hydrogen (secondary N) is 1. The van der Waals surface area contributed by atoms with Crippen LogP contribution < -0.4 is 10.1 Å². The number of halogens is 3. The quantitative estimate of drug-likeness (QED) is 0.540. The van der Waals surface area contributed by atoms with Crippen LogP contribution in [0.3, 0.4) is 0 Å². The van der Waals surface area contributed by atoms with E-state index in [1.807, 2.05) is 4.90 Å². The minimum absolute atomic E-state index is 0.132. The number of rotatable bonds is 5. The van der Waals surface area contributed by atoms with Crippen molar-refractivity contribution in [2.45, 2.75) is 57.5 Å². The Hall–Kier alpha value is -3.03. The summed E-state index contributed by atoms with van der Waals surface area (Å²) in [6.07, 6.45) is 7.15. The van der Waals surface area contributed by atoms with Crippen molar-refractivity contribution < 1.29 is 27.5 Å². The summed E-state index contributed by atoms with van der Waals surface area (Å²) in [6, 6.07) is 6.85. The Labute approximate surface area is 203 Å². The van der Waals surface area contributed by atoms with E-state index < -0.39 is 11.7 Å². The lowest BCUT2D eigenvalue weighted by Crippen LogP contribution is -2.44. The molecule has 8 heteroatoms. The van der Waals surface area contributed by atoms with Crippen molar-refractivity contribution in [3.05, 3.63) is 59.9 Å². The molecule has 0 spiro atoms. The zero-order valence-corrected chi connectivity index (χ0v) is 19.7. The Balaban J connectivity index is 1.35. The molecule has 1 heterocycles. The number of carbonyl (C=O) groups excluding carboxylic acids is 2. The van der Waals surface area contributed by atoms with E-state index in [0.29, 0.717) is 37.4 Å². The molecule has 1 aliphatic heterocycles. The van der Waals surface area contributed by atoms with Gasteiger partial charge in [0.2, 0.25) is 11.8 Å². The van der Waals surface area contributed by atoms with Gasteiger partial charge in [0.15, 0.2) is 5.75 Å². The first-order chi connectivity index (χ1) is 16.8. The van der Waals surface area contributed by atoms with Crippen LogP contribution in [0.25, 0.3) is 0 Å². The van der Waals surface area contributed by atoms with Gasteiger partial charge in [0.05, 0.1) is 5.69 Å². The molecule has 0 unspecified atom stereocenters. The van der Waals surface area contributed by atoms with Crippen LogP contribution >= 0.6 is 0 Å². The first kappa shape index (κ1) is 25.1. The second-order valence-electron chi connectivity index (χ2n) is 9.39. The van der Waals surface area contributed by atoms with Gasteiger partial charge in [-0.15, -0.1) is 0 Å². The number of likely N-dealkylation sites (tertiary alicyclic amines) is 1. The molecule has 0 aromatic heterocycles. The highest BCUT2D eigenvalue weighted by molar-refractivity contribution is 5.94.